The number of carbonyl (C=O) groups excluding carboxylic acids is 1. The molecule has 0 bridgehead atoms. The molecular formula is C21H17N5O. The van der Waals surface area contributed by atoms with Gasteiger partial charge >= 0.3 is 0 Å². The van der Waals surface area contributed by atoms with Crippen LogP contribution in [0.25, 0.3) is 0 Å². The smallest absolute Gasteiger partial charge is 0.238 e. The summed E-state index contributed by atoms with van der Waals surface area (Å²) in [5.74, 6) is -0.617. The highest BCUT2D eigenvalue weighted by Gasteiger charge is 2.71. The average molecular weight is 355 g/mol. The molecule has 0 unspecified atom stereocenters. The minimum atomic E-state index is -1.95. The van der Waals surface area contributed by atoms with Crippen LogP contribution in [0.1, 0.15) is 25.3 Å². The number of nitrogens with one attached hydrogen (secondary N) is 1. The minimum Gasteiger partial charge on any atom is -0.399 e. The summed E-state index contributed by atoms with van der Waals surface area (Å²) in [4.78, 5) is 13.4. The van der Waals surface area contributed by atoms with Crippen molar-refractivity contribution in [3.8, 4) is 18.2 Å². The third-order valence-corrected chi connectivity index (χ3v) is 6.24. The van der Waals surface area contributed by atoms with Gasteiger partial charge in [0.2, 0.25) is 11.3 Å². The van der Waals surface area contributed by atoms with Gasteiger partial charge < -0.3 is 11.1 Å². The first-order valence-electron chi connectivity index (χ1n) is 8.82. The summed E-state index contributed by atoms with van der Waals surface area (Å²) in [6.07, 6.45) is 3.30. The summed E-state index contributed by atoms with van der Waals surface area (Å²) in [6.45, 7) is 2.06. The Balaban J connectivity index is 2.20. The van der Waals surface area contributed by atoms with E-state index >= 15 is 0 Å². The monoisotopic (exact) mass is 355 g/mol. The molecule has 132 valence electrons. The molecule has 0 fully saturated rings. The molecule has 0 radical (unpaired) electrons. The average Bonchev–Trinajstić information content (AvgIpc) is 2.97. The molecule has 1 spiro atoms. The van der Waals surface area contributed by atoms with Gasteiger partial charge in [-0.05, 0) is 36.0 Å². The van der Waals surface area contributed by atoms with Crippen molar-refractivity contribution in [2.45, 2.75) is 25.2 Å². The second-order valence-electron chi connectivity index (χ2n) is 7.47. The molecule has 3 atom stereocenters. The van der Waals surface area contributed by atoms with Gasteiger partial charge in [-0.1, -0.05) is 31.2 Å². The van der Waals surface area contributed by atoms with E-state index in [-0.39, 0.29) is 17.2 Å². The van der Waals surface area contributed by atoms with Crippen molar-refractivity contribution in [1.82, 2.24) is 0 Å². The Labute approximate surface area is 157 Å². The second kappa shape index (κ2) is 5.47. The Morgan fingerprint density at radius 2 is 1.93 bits per heavy atom. The third kappa shape index (κ3) is 1.74. The zero-order valence-corrected chi connectivity index (χ0v) is 14.8. The Bertz CT molecular complexity index is 1050. The molecule has 0 saturated carbocycles. The summed E-state index contributed by atoms with van der Waals surface area (Å²) >= 11 is 0. The van der Waals surface area contributed by atoms with Gasteiger partial charge in [-0.15, -0.1) is 0 Å². The van der Waals surface area contributed by atoms with E-state index in [1.807, 2.05) is 18.2 Å². The molecule has 3 N–H and O–H groups in total. The fourth-order valence-electron chi connectivity index (χ4n) is 5.04. The van der Waals surface area contributed by atoms with E-state index in [1.165, 1.54) is 0 Å². The van der Waals surface area contributed by atoms with E-state index in [9.17, 15) is 20.6 Å². The number of para-hydroxylation sites is 1. The Morgan fingerprint density at radius 1 is 1.22 bits per heavy atom. The molecule has 0 aromatic heterocycles. The van der Waals surface area contributed by atoms with Crippen molar-refractivity contribution in [3.63, 3.8) is 0 Å². The molecule has 0 saturated heterocycles. The summed E-state index contributed by atoms with van der Waals surface area (Å²) in [5.41, 5.74) is 4.78. The third-order valence-electron chi connectivity index (χ3n) is 6.24. The zero-order chi connectivity index (χ0) is 19.4. The maximum atomic E-state index is 13.4. The number of nitrogens with zero attached hydrogens (tertiary/aromatic N) is 3. The number of carbonyl (C=O) groups is 1. The summed E-state index contributed by atoms with van der Waals surface area (Å²) < 4.78 is 0. The number of hydrogen-bond donors (Lipinski definition) is 2. The molecule has 1 aliphatic heterocycles. The first-order chi connectivity index (χ1) is 13.0. The van der Waals surface area contributed by atoms with Crippen LogP contribution >= 0.6 is 0 Å². The number of anilines is 1. The predicted molar refractivity (Wildman–Crippen MR) is 97.2 cm³/mol. The number of amides is 1. The van der Waals surface area contributed by atoms with Gasteiger partial charge in [0.25, 0.3) is 0 Å². The van der Waals surface area contributed by atoms with Gasteiger partial charge in [-0.2, -0.15) is 15.8 Å². The van der Waals surface area contributed by atoms with E-state index in [0.29, 0.717) is 23.2 Å². The lowest BCUT2D eigenvalue weighted by Crippen LogP contribution is -2.60. The van der Waals surface area contributed by atoms with Crippen LogP contribution in [0.4, 0.5) is 5.69 Å². The molecule has 3 aliphatic rings. The molecule has 1 aromatic carbocycles. The van der Waals surface area contributed by atoms with Gasteiger partial charge in [0.05, 0.1) is 23.4 Å². The van der Waals surface area contributed by atoms with Crippen LogP contribution in [0, 0.1) is 51.2 Å². The lowest BCUT2D eigenvalue weighted by atomic mass is 9.47. The quantitative estimate of drug-likeness (QED) is 0.739. The van der Waals surface area contributed by atoms with Crippen molar-refractivity contribution in [1.29, 1.82) is 15.8 Å². The Kier molecular flexibility index (Phi) is 3.42. The lowest BCUT2D eigenvalue weighted by Gasteiger charge is -2.50. The van der Waals surface area contributed by atoms with Crippen LogP contribution in [0.2, 0.25) is 0 Å². The maximum absolute atomic E-state index is 13.4. The topological polar surface area (TPSA) is 126 Å². The molecule has 6 heteroatoms. The molecule has 2 aliphatic carbocycles. The van der Waals surface area contributed by atoms with E-state index in [2.05, 4.69) is 18.3 Å². The van der Waals surface area contributed by atoms with Crippen LogP contribution in [0.15, 0.2) is 47.2 Å². The maximum Gasteiger partial charge on any atom is 0.238 e. The van der Waals surface area contributed by atoms with Crippen molar-refractivity contribution in [3.05, 3.63) is 52.7 Å². The summed E-state index contributed by atoms with van der Waals surface area (Å²) in [7, 11) is 0. The van der Waals surface area contributed by atoms with Crippen LogP contribution < -0.4 is 11.1 Å². The fraction of sp³-hybridized carbons (Fsp3) is 0.333. The molecule has 1 amide bonds. The minimum absolute atomic E-state index is 0.126. The highest BCUT2D eigenvalue weighted by atomic mass is 16.2. The number of benzene rings is 1. The van der Waals surface area contributed by atoms with Crippen LogP contribution in [0.3, 0.4) is 0 Å². The second-order valence-corrected chi connectivity index (χ2v) is 7.47. The largest absolute Gasteiger partial charge is 0.399 e. The van der Waals surface area contributed by atoms with Crippen molar-refractivity contribution >= 4 is 11.6 Å². The normalized spacial score (nSPS) is 30.3. The lowest BCUT2D eigenvalue weighted by molar-refractivity contribution is -0.125. The van der Waals surface area contributed by atoms with Gasteiger partial charge in [0.1, 0.15) is 11.5 Å². The van der Waals surface area contributed by atoms with Gasteiger partial charge in [-0.3, -0.25) is 4.79 Å². The van der Waals surface area contributed by atoms with E-state index in [0.717, 1.165) is 6.42 Å². The highest BCUT2D eigenvalue weighted by molar-refractivity contribution is 6.09. The fourth-order valence-corrected chi connectivity index (χ4v) is 5.04. The summed E-state index contributed by atoms with van der Waals surface area (Å²) in [5, 5.41) is 32.9. The molecule has 1 aromatic rings. The molecule has 27 heavy (non-hydrogen) atoms. The van der Waals surface area contributed by atoms with Crippen LogP contribution in [0.5, 0.6) is 0 Å². The number of hydrogen-bond acceptors (Lipinski definition) is 5. The van der Waals surface area contributed by atoms with E-state index < -0.39 is 22.7 Å². The molecule has 4 rings (SSSR count). The summed E-state index contributed by atoms with van der Waals surface area (Å²) in [6, 6.07) is 13.3. The standard InChI is InChI=1S/C21H17N5O/c1-12-6-7-13-14(9-22)18(25)20(10-23,11-24)21(16(13)8-12)15-4-2-3-5-17(15)26-19(21)27/h2-5,7,12,16H,6,8,25H2,1H3,(H,26,27)/t12-,16+,21-/m0/s1. The number of allylic oxidation sites excluding steroid dienone is 4. The van der Waals surface area contributed by atoms with Crippen molar-refractivity contribution < 1.29 is 4.79 Å². The zero-order valence-electron chi connectivity index (χ0n) is 14.8. The number of nitriles is 3. The Hall–Kier alpha value is -3.56. The SMILES string of the molecule is C[C@H]1CC=C2C(C#N)=C(N)C(C#N)(C#N)[C@]3(C(=O)Nc4ccccc43)[C@@H]2C1. The molecule has 6 nitrogen and oxygen atoms in total. The van der Waals surface area contributed by atoms with Gasteiger partial charge in [-0.25, -0.2) is 0 Å². The van der Waals surface area contributed by atoms with Crippen LogP contribution in [-0.4, -0.2) is 5.91 Å². The number of nitrogens with two attached hydrogens (primary N) is 1. The van der Waals surface area contributed by atoms with Crippen LogP contribution in [-0.2, 0) is 10.2 Å². The number of fused-ring (bicyclic) bond motifs is 4. The Morgan fingerprint density at radius 3 is 2.59 bits per heavy atom. The predicted octanol–water partition coefficient (Wildman–Crippen LogP) is 2.63. The van der Waals surface area contributed by atoms with E-state index in [4.69, 9.17) is 5.73 Å². The van der Waals surface area contributed by atoms with Gasteiger partial charge in [0, 0.05) is 11.6 Å². The van der Waals surface area contributed by atoms with Gasteiger partial charge in [0.15, 0.2) is 0 Å². The molecule has 1 heterocycles. The van der Waals surface area contributed by atoms with E-state index in [1.54, 1.807) is 24.3 Å². The van der Waals surface area contributed by atoms with Crippen molar-refractivity contribution in [2.75, 3.05) is 5.32 Å². The first kappa shape index (κ1) is 16.9. The first-order valence-corrected chi connectivity index (χ1v) is 8.82. The van der Waals surface area contributed by atoms with Crippen molar-refractivity contribution in [2.24, 2.45) is 23.0 Å². The number of rotatable bonds is 0. The highest BCUT2D eigenvalue weighted by Crippen LogP contribution is 2.63. The molecular weight excluding hydrogens is 338 g/mol.